The van der Waals surface area contributed by atoms with E-state index < -0.39 is 5.60 Å². The van der Waals surface area contributed by atoms with Crippen molar-refractivity contribution in [1.29, 1.82) is 0 Å². The van der Waals surface area contributed by atoms with E-state index in [9.17, 15) is 4.79 Å². The molecule has 3 heteroatoms. The van der Waals surface area contributed by atoms with Gasteiger partial charge in [-0.3, -0.25) is 4.79 Å². The second-order valence-electron chi connectivity index (χ2n) is 5.76. The van der Waals surface area contributed by atoms with Crippen LogP contribution in [0.25, 0.3) is 0 Å². The number of ether oxygens (including phenoxy) is 1. The first-order valence-electron chi connectivity index (χ1n) is 5.00. The van der Waals surface area contributed by atoms with Crippen LogP contribution in [0.5, 0.6) is 0 Å². The highest BCUT2D eigenvalue weighted by Gasteiger charge is 2.25. The summed E-state index contributed by atoms with van der Waals surface area (Å²) in [4.78, 5) is 11.4. The molecule has 0 amide bonds. The van der Waals surface area contributed by atoms with Crippen molar-refractivity contribution in [3.63, 3.8) is 0 Å². The molecule has 84 valence electrons. The predicted octanol–water partition coefficient (Wildman–Crippen LogP) is 2.09. The van der Waals surface area contributed by atoms with Crippen molar-refractivity contribution >= 4 is 5.97 Å². The second kappa shape index (κ2) is 4.30. The fraction of sp³-hybridized carbons (Fsp3) is 0.909. The van der Waals surface area contributed by atoms with Crippen LogP contribution >= 0.6 is 0 Å². The highest BCUT2D eigenvalue weighted by atomic mass is 16.6. The van der Waals surface area contributed by atoms with Crippen molar-refractivity contribution in [3.05, 3.63) is 0 Å². The van der Waals surface area contributed by atoms with Crippen LogP contribution in [-0.2, 0) is 9.53 Å². The minimum atomic E-state index is -0.422. The minimum absolute atomic E-state index is 0.0586. The third-order valence-electron chi connectivity index (χ3n) is 1.92. The lowest BCUT2D eigenvalue weighted by molar-refractivity contribution is -0.155. The molecule has 0 radical (unpaired) electrons. The molecule has 1 atom stereocenters. The maximum atomic E-state index is 11.4. The van der Waals surface area contributed by atoms with Crippen molar-refractivity contribution in [3.8, 4) is 0 Å². The summed E-state index contributed by atoms with van der Waals surface area (Å²) in [7, 11) is 0. The van der Waals surface area contributed by atoms with Crippen LogP contribution in [0.1, 0.15) is 48.0 Å². The van der Waals surface area contributed by atoms with E-state index in [0.717, 1.165) is 0 Å². The number of nitrogens with two attached hydrogens (primary N) is 1. The Morgan fingerprint density at radius 3 is 1.93 bits per heavy atom. The number of carbonyl (C=O) groups excluding carboxylic acids is 1. The van der Waals surface area contributed by atoms with Gasteiger partial charge in [-0.2, -0.15) is 0 Å². The Hall–Kier alpha value is -0.570. The monoisotopic (exact) mass is 201 g/mol. The fourth-order valence-electron chi connectivity index (χ4n) is 0.869. The van der Waals surface area contributed by atoms with E-state index in [1.54, 1.807) is 0 Å². The van der Waals surface area contributed by atoms with Crippen LogP contribution < -0.4 is 5.73 Å². The molecule has 0 aromatic carbocycles. The average molecular weight is 201 g/mol. The van der Waals surface area contributed by atoms with Crippen LogP contribution in [0.4, 0.5) is 0 Å². The molecular formula is C11H23NO2. The van der Waals surface area contributed by atoms with Crippen LogP contribution in [0.3, 0.4) is 0 Å². The topological polar surface area (TPSA) is 52.3 Å². The van der Waals surface area contributed by atoms with E-state index in [1.165, 1.54) is 0 Å². The first-order chi connectivity index (χ1) is 6.02. The summed E-state index contributed by atoms with van der Waals surface area (Å²) in [5.41, 5.74) is 5.39. The number of rotatable bonds is 2. The van der Waals surface area contributed by atoms with Gasteiger partial charge in [-0.05, 0) is 26.2 Å². The maximum Gasteiger partial charge on any atom is 0.307 e. The number of esters is 1. The van der Waals surface area contributed by atoms with Gasteiger partial charge in [0.2, 0.25) is 0 Å². The lowest BCUT2D eigenvalue weighted by Gasteiger charge is -2.27. The zero-order valence-electron chi connectivity index (χ0n) is 10.2. The molecule has 0 bridgehead atoms. The summed E-state index contributed by atoms with van der Waals surface area (Å²) >= 11 is 0. The Bertz CT molecular complexity index is 198. The Morgan fingerprint density at radius 2 is 1.64 bits per heavy atom. The summed E-state index contributed by atoms with van der Waals surface area (Å²) in [5, 5.41) is 0. The van der Waals surface area contributed by atoms with Crippen LogP contribution in [0, 0.1) is 5.41 Å². The molecule has 0 saturated heterocycles. The molecule has 3 nitrogen and oxygen atoms in total. The van der Waals surface area contributed by atoms with E-state index in [-0.39, 0.29) is 23.8 Å². The molecule has 0 aromatic heterocycles. The van der Waals surface area contributed by atoms with Crippen molar-refractivity contribution < 1.29 is 9.53 Å². The first-order valence-corrected chi connectivity index (χ1v) is 5.00. The molecular weight excluding hydrogens is 178 g/mol. The molecule has 0 aliphatic carbocycles. The van der Waals surface area contributed by atoms with Gasteiger partial charge in [-0.15, -0.1) is 0 Å². The van der Waals surface area contributed by atoms with Gasteiger partial charge in [0, 0.05) is 6.04 Å². The van der Waals surface area contributed by atoms with E-state index in [1.807, 2.05) is 41.5 Å². The average Bonchev–Trinajstić information content (AvgIpc) is 1.79. The smallest absolute Gasteiger partial charge is 0.307 e. The third-order valence-corrected chi connectivity index (χ3v) is 1.92. The molecule has 0 aliphatic heterocycles. The molecule has 0 aromatic rings. The normalized spacial score (nSPS) is 15.1. The number of hydrogen-bond acceptors (Lipinski definition) is 3. The standard InChI is InChI=1S/C11H23NO2/c1-10(2,3)8(12)7-9(13)14-11(4,5)6/h8H,7,12H2,1-6H3/t8-/m0/s1. The predicted molar refractivity (Wildman–Crippen MR) is 57.9 cm³/mol. The third kappa shape index (κ3) is 5.97. The number of carbonyl (C=O) groups is 1. The molecule has 14 heavy (non-hydrogen) atoms. The molecule has 0 heterocycles. The first kappa shape index (κ1) is 13.4. The Labute approximate surface area is 87.0 Å². The maximum absolute atomic E-state index is 11.4. The Kier molecular flexibility index (Phi) is 4.13. The molecule has 0 rings (SSSR count). The van der Waals surface area contributed by atoms with Gasteiger partial charge in [0.1, 0.15) is 5.60 Å². The molecule has 0 unspecified atom stereocenters. The summed E-state index contributed by atoms with van der Waals surface area (Å²) in [6.45, 7) is 11.6. The van der Waals surface area contributed by atoms with Crippen molar-refractivity contribution in [2.75, 3.05) is 0 Å². The Balaban J connectivity index is 4.09. The molecule has 0 aliphatic rings. The van der Waals surface area contributed by atoms with Crippen LogP contribution in [-0.4, -0.2) is 17.6 Å². The van der Waals surface area contributed by atoms with Gasteiger partial charge in [0.25, 0.3) is 0 Å². The minimum Gasteiger partial charge on any atom is -0.460 e. The van der Waals surface area contributed by atoms with Crippen molar-refractivity contribution in [1.82, 2.24) is 0 Å². The van der Waals surface area contributed by atoms with Crippen LogP contribution in [0.2, 0.25) is 0 Å². The van der Waals surface area contributed by atoms with Crippen LogP contribution in [0.15, 0.2) is 0 Å². The van der Waals surface area contributed by atoms with Gasteiger partial charge in [-0.25, -0.2) is 0 Å². The summed E-state index contributed by atoms with van der Waals surface area (Å²) in [6.07, 6.45) is 0.279. The van der Waals surface area contributed by atoms with Crippen molar-refractivity contribution in [2.45, 2.75) is 59.6 Å². The highest BCUT2D eigenvalue weighted by Crippen LogP contribution is 2.21. The van der Waals surface area contributed by atoms with Gasteiger partial charge < -0.3 is 10.5 Å². The van der Waals surface area contributed by atoms with Crippen molar-refractivity contribution in [2.24, 2.45) is 11.1 Å². The van der Waals surface area contributed by atoms with Gasteiger partial charge >= 0.3 is 5.97 Å². The van der Waals surface area contributed by atoms with Gasteiger partial charge in [0.05, 0.1) is 6.42 Å². The molecule has 0 saturated carbocycles. The zero-order chi connectivity index (χ0) is 11.6. The van der Waals surface area contributed by atoms with E-state index in [2.05, 4.69) is 0 Å². The summed E-state index contributed by atoms with van der Waals surface area (Å²) < 4.78 is 5.18. The van der Waals surface area contributed by atoms with E-state index >= 15 is 0 Å². The van der Waals surface area contributed by atoms with E-state index in [0.29, 0.717) is 0 Å². The molecule has 0 spiro atoms. The molecule has 2 N–H and O–H groups in total. The second-order valence-corrected chi connectivity index (χ2v) is 5.76. The number of hydrogen-bond donors (Lipinski definition) is 1. The molecule has 0 fully saturated rings. The summed E-state index contributed by atoms with van der Waals surface area (Å²) in [5.74, 6) is -0.222. The highest BCUT2D eigenvalue weighted by molar-refractivity contribution is 5.70. The SMILES string of the molecule is CC(C)(C)OC(=O)C[C@H](N)C(C)(C)C. The summed E-state index contributed by atoms with van der Waals surface area (Å²) in [6, 6.07) is -0.155. The van der Waals surface area contributed by atoms with Gasteiger partial charge in [0.15, 0.2) is 0 Å². The lowest BCUT2D eigenvalue weighted by Crippen LogP contribution is -2.38. The van der Waals surface area contributed by atoms with E-state index in [4.69, 9.17) is 10.5 Å². The Morgan fingerprint density at radius 1 is 1.21 bits per heavy atom. The quantitative estimate of drug-likeness (QED) is 0.696. The largest absolute Gasteiger partial charge is 0.460 e. The fourth-order valence-corrected chi connectivity index (χ4v) is 0.869. The zero-order valence-corrected chi connectivity index (χ0v) is 10.2. The van der Waals surface area contributed by atoms with Gasteiger partial charge in [-0.1, -0.05) is 20.8 Å². The lowest BCUT2D eigenvalue weighted by atomic mass is 9.85.